The number of nitrogens with one attached hydrogen (secondary N) is 2. The Kier molecular flexibility index (Phi) is 9.99. The zero-order valence-electron chi connectivity index (χ0n) is 25.7. The Hall–Kier alpha value is -2.98. The van der Waals surface area contributed by atoms with Gasteiger partial charge in [0, 0.05) is 61.5 Å². The Balaban J connectivity index is 0.000000493. The number of piperidine rings is 1. The van der Waals surface area contributed by atoms with Gasteiger partial charge in [-0.2, -0.15) is 13.2 Å². The summed E-state index contributed by atoms with van der Waals surface area (Å²) in [6.07, 6.45) is 4.54. The number of aliphatic carboxylic acids is 1. The number of nitrogens with zero attached hydrogens (tertiary/aromatic N) is 2. The van der Waals surface area contributed by atoms with Crippen LogP contribution in [0.3, 0.4) is 0 Å². The fourth-order valence-electron chi connectivity index (χ4n) is 8.05. The number of aryl methyl sites for hydroxylation is 1. The number of likely N-dealkylation sites (tertiary alicyclic amines) is 1. The summed E-state index contributed by atoms with van der Waals surface area (Å²) in [6.45, 7) is 7.66. The number of rotatable bonds is 3. The maximum atomic E-state index is 14.7. The van der Waals surface area contributed by atoms with Crippen molar-refractivity contribution in [2.24, 2.45) is 11.8 Å². The number of carboxylic acids is 1. The summed E-state index contributed by atoms with van der Waals surface area (Å²) < 4.78 is 31.7. The number of hydrogen-bond donors (Lipinski definition) is 3. The van der Waals surface area contributed by atoms with Gasteiger partial charge in [0.25, 0.3) is 0 Å². The number of amides is 1. The molecule has 6 rings (SSSR count). The molecule has 44 heavy (non-hydrogen) atoms. The van der Waals surface area contributed by atoms with Gasteiger partial charge >= 0.3 is 12.1 Å². The number of pyridine rings is 1. The highest BCUT2D eigenvalue weighted by Gasteiger charge is 2.53. The number of carboxylic acid groups (broad SMARTS) is 1. The fraction of sp³-hybridized carbons (Fsp3) is 0.618. The summed E-state index contributed by atoms with van der Waals surface area (Å²) in [5.41, 5.74) is 4.77. The van der Waals surface area contributed by atoms with Gasteiger partial charge in [-0.25, -0.2) is 4.79 Å². The third-order valence-electron chi connectivity index (χ3n) is 10.3. The Bertz CT molecular complexity index is 1300. The van der Waals surface area contributed by atoms with Crippen molar-refractivity contribution in [2.75, 3.05) is 26.2 Å². The summed E-state index contributed by atoms with van der Waals surface area (Å²) in [5, 5.41) is 14.6. The van der Waals surface area contributed by atoms with Gasteiger partial charge in [0.1, 0.15) is 0 Å². The molecule has 2 saturated heterocycles. The van der Waals surface area contributed by atoms with Crippen LogP contribution < -0.4 is 10.6 Å². The van der Waals surface area contributed by atoms with Crippen LogP contribution >= 0.6 is 0 Å². The molecule has 240 valence electrons. The molecule has 5 atom stereocenters. The lowest BCUT2D eigenvalue weighted by Gasteiger charge is -2.47. The number of alkyl halides is 3. The average molecular weight is 615 g/mol. The number of hydrogen-bond acceptors (Lipinski definition) is 5. The predicted octanol–water partition coefficient (Wildman–Crippen LogP) is 5.37. The Morgan fingerprint density at radius 3 is 2.41 bits per heavy atom. The minimum atomic E-state index is -5.08. The van der Waals surface area contributed by atoms with E-state index in [1.807, 2.05) is 0 Å². The van der Waals surface area contributed by atoms with Crippen LogP contribution in [0.1, 0.15) is 80.3 Å². The average Bonchev–Trinajstić information content (AvgIpc) is 3.39. The predicted molar refractivity (Wildman–Crippen MR) is 162 cm³/mol. The van der Waals surface area contributed by atoms with Crippen molar-refractivity contribution in [2.45, 2.75) is 94.8 Å². The molecule has 2 aromatic rings. The van der Waals surface area contributed by atoms with E-state index in [-0.39, 0.29) is 11.3 Å². The molecule has 1 aromatic heterocycles. The summed E-state index contributed by atoms with van der Waals surface area (Å²) in [6, 6.07) is 16.2. The van der Waals surface area contributed by atoms with Crippen molar-refractivity contribution in [3.63, 3.8) is 0 Å². The Morgan fingerprint density at radius 2 is 1.73 bits per heavy atom. The first-order chi connectivity index (χ1) is 21.0. The maximum absolute atomic E-state index is 14.7. The molecule has 10 heteroatoms. The third kappa shape index (κ3) is 6.96. The highest BCUT2D eigenvalue weighted by molar-refractivity contribution is 5.82. The highest BCUT2D eigenvalue weighted by Crippen LogP contribution is 2.44. The summed E-state index contributed by atoms with van der Waals surface area (Å²) in [7, 11) is 0. The first-order valence-electron chi connectivity index (χ1n) is 16.1. The number of aromatic nitrogens is 1. The van der Waals surface area contributed by atoms with Crippen LogP contribution in [0, 0.1) is 18.8 Å². The summed E-state index contributed by atoms with van der Waals surface area (Å²) in [4.78, 5) is 30.9. The van der Waals surface area contributed by atoms with E-state index >= 15 is 0 Å². The van der Waals surface area contributed by atoms with Gasteiger partial charge in [-0.15, -0.1) is 0 Å². The minimum Gasteiger partial charge on any atom is -0.475 e. The van der Waals surface area contributed by atoms with Crippen LogP contribution in [0.15, 0.2) is 42.5 Å². The van der Waals surface area contributed by atoms with Crippen molar-refractivity contribution < 1.29 is 27.9 Å². The van der Waals surface area contributed by atoms with E-state index in [9.17, 15) is 18.0 Å². The van der Waals surface area contributed by atoms with Crippen LogP contribution in [0.2, 0.25) is 0 Å². The molecule has 0 bridgehead atoms. The highest BCUT2D eigenvalue weighted by atomic mass is 19.4. The topological polar surface area (TPSA) is 94.6 Å². The van der Waals surface area contributed by atoms with E-state index in [4.69, 9.17) is 14.9 Å². The van der Waals surface area contributed by atoms with Gasteiger partial charge in [-0.1, -0.05) is 55.7 Å². The van der Waals surface area contributed by atoms with Gasteiger partial charge in [0.05, 0.1) is 5.92 Å². The molecule has 1 saturated carbocycles. The Morgan fingerprint density at radius 1 is 1.02 bits per heavy atom. The van der Waals surface area contributed by atoms with E-state index in [0.717, 1.165) is 51.1 Å². The second-order valence-corrected chi connectivity index (χ2v) is 13.2. The van der Waals surface area contributed by atoms with E-state index < -0.39 is 12.1 Å². The second-order valence-electron chi connectivity index (χ2n) is 13.2. The largest absolute Gasteiger partial charge is 0.490 e. The zero-order chi connectivity index (χ0) is 31.5. The van der Waals surface area contributed by atoms with Crippen LogP contribution in [-0.4, -0.2) is 71.3 Å². The number of fused-ring (bicyclic) bond motifs is 2. The molecule has 4 aliphatic rings. The lowest BCUT2D eigenvalue weighted by atomic mass is 9.70. The Labute approximate surface area is 258 Å². The zero-order valence-corrected chi connectivity index (χ0v) is 25.7. The smallest absolute Gasteiger partial charge is 0.475 e. The number of benzene rings is 1. The van der Waals surface area contributed by atoms with Crippen LogP contribution in [-0.2, 0) is 21.4 Å². The molecule has 1 spiro atoms. The molecule has 1 aromatic carbocycles. The van der Waals surface area contributed by atoms with Gasteiger partial charge in [0.15, 0.2) is 0 Å². The van der Waals surface area contributed by atoms with E-state index in [1.54, 1.807) is 0 Å². The van der Waals surface area contributed by atoms with Crippen molar-refractivity contribution in [3.05, 3.63) is 65.0 Å². The summed E-state index contributed by atoms with van der Waals surface area (Å²) >= 11 is 0. The van der Waals surface area contributed by atoms with Gasteiger partial charge in [-0.05, 0) is 68.6 Å². The molecule has 0 radical (unpaired) electrons. The third-order valence-corrected chi connectivity index (χ3v) is 10.3. The molecular formula is C34H45F3N4O3. The van der Waals surface area contributed by atoms with Crippen molar-refractivity contribution >= 4 is 11.9 Å². The number of halogens is 3. The molecule has 3 fully saturated rings. The lowest BCUT2D eigenvalue weighted by molar-refractivity contribution is -0.192. The van der Waals surface area contributed by atoms with Crippen molar-refractivity contribution in [3.8, 4) is 0 Å². The van der Waals surface area contributed by atoms with E-state index in [1.165, 1.54) is 48.9 Å². The standard InChI is InChI=1S/C32H44N4O.C2HF3O2/c1-22-13-14-27-29(35-22)17-23(2)34-21-32(27)20-33-19-28(32)31(37)36-16-15-26(24-9-5-3-6-10-24)18-30(36)25-11-7-4-8-12-25;3-2(4,5)1(6)7/h3,5-6,9-10,13-14,23,25-26,28,30,33-34H,4,7-8,11-12,15-21H2,1-2H3;(H,6,7)/t23-,26-,28+,30+,32-;/m1./s1. The van der Waals surface area contributed by atoms with E-state index in [2.05, 4.69) is 71.8 Å². The summed E-state index contributed by atoms with van der Waals surface area (Å²) in [5.74, 6) is -1.23. The number of carbonyl (C=O) groups excluding carboxylic acids is 1. The number of carbonyl (C=O) groups is 2. The lowest BCUT2D eigenvalue weighted by Crippen LogP contribution is -2.56. The van der Waals surface area contributed by atoms with Crippen LogP contribution in [0.5, 0.6) is 0 Å². The molecule has 7 nitrogen and oxygen atoms in total. The molecule has 0 unspecified atom stereocenters. The molecule has 1 aliphatic carbocycles. The van der Waals surface area contributed by atoms with Gasteiger partial charge < -0.3 is 20.6 Å². The fourth-order valence-corrected chi connectivity index (χ4v) is 8.05. The SMILES string of the molecule is Cc1ccc2c(n1)C[C@@H](C)NC[C@]21CNC[C@H]1C(=O)N1CC[C@@H](c2ccccc2)C[C@H]1C1CCCCC1.O=C(O)C(F)(F)F. The van der Waals surface area contributed by atoms with Crippen molar-refractivity contribution in [1.29, 1.82) is 0 Å². The van der Waals surface area contributed by atoms with Gasteiger partial charge in [0.2, 0.25) is 5.91 Å². The molecule has 3 N–H and O–H groups in total. The van der Waals surface area contributed by atoms with Crippen LogP contribution in [0.25, 0.3) is 0 Å². The first-order valence-corrected chi connectivity index (χ1v) is 16.1. The first kappa shape index (κ1) is 32.4. The van der Waals surface area contributed by atoms with E-state index in [0.29, 0.717) is 29.8 Å². The van der Waals surface area contributed by atoms with Crippen LogP contribution in [0.4, 0.5) is 13.2 Å². The second kappa shape index (κ2) is 13.6. The monoisotopic (exact) mass is 614 g/mol. The molecule has 4 heterocycles. The normalized spacial score (nSPS) is 29.3. The molecular weight excluding hydrogens is 569 g/mol. The maximum Gasteiger partial charge on any atom is 0.490 e. The quantitative estimate of drug-likeness (QED) is 0.431. The molecule has 3 aliphatic heterocycles. The van der Waals surface area contributed by atoms with Crippen molar-refractivity contribution in [1.82, 2.24) is 20.5 Å². The molecule has 1 amide bonds. The van der Waals surface area contributed by atoms with Gasteiger partial charge in [-0.3, -0.25) is 9.78 Å². The minimum absolute atomic E-state index is 0.0482.